The number of halogens is 2. The van der Waals surface area contributed by atoms with Gasteiger partial charge < -0.3 is 15.0 Å². The molecular weight excluding hydrogens is 414 g/mol. The topological polar surface area (TPSA) is 59.4 Å². The van der Waals surface area contributed by atoms with Gasteiger partial charge in [-0.1, -0.05) is 12.1 Å². The van der Waals surface area contributed by atoms with Crippen LogP contribution in [-0.4, -0.2) is 52.8 Å². The normalized spacial score (nSPS) is 23.0. The van der Waals surface area contributed by atoms with Gasteiger partial charge in [0.1, 0.15) is 17.6 Å². The highest BCUT2D eigenvalue weighted by molar-refractivity contribution is 5.76. The van der Waals surface area contributed by atoms with Crippen LogP contribution in [0.15, 0.2) is 30.3 Å². The molecule has 32 heavy (non-hydrogen) atoms. The number of anilines is 1. The molecule has 6 nitrogen and oxygen atoms in total. The fraction of sp³-hybridized carbons (Fsp3) is 0.583. The Kier molecular flexibility index (Phi) is 6.96. The average Bonchev–Trinajstić information content (AvgIpc) is 3.18. The molecule has 2 aliphatic rings. The van der Waals surface area contributed by atoms with Gasteiger partial charge in [0.05, 0.1) is 12.3 Å². The molecule has 3 atom stereocenters. The van der Waals surface area contributed by atoms with Gasteiger partial charge in [-0.15, -0.1) is 0 Å². The van der Waals surface area contributed by atoms with Gasteiger partial charge in [-0.2, -0.15) is 5.10 Å². The van der Waals surface area contributed by atoms with E-state index in [2.05, 4.69) is 10.4 Å². The lowest BCUT2D eigenvalue weighted by Crippen LogP contribution is -2.48. The molecule has 0 aliphatic carbocycles. The number of rotatable bonds is 7. The highest BCUT2D eigenvalue weighted by atomic mass is 19.3. The molecule has 1 N–H and O–H groups in total. The number of aromatic nitrogens is 2. The maximum Gasteiger partial charge on any atom is 0.260 e. The number of amides is 1. The number of carbonyl (C=O) groups is 1. The number of alkyl halides is 2. The maximum absolute atomic E-state index is 13.7. The SMILES string of the molecule is CCOc1ccc(CCC(=O)N2CCC[C@H]([C@@H]3C[C@H](C(F)F)n4nc(C)cc4N3)C2)cc1. The molecule has 2 aliphatic heterocycles. The molecule has 4 rings (SSSR count). The van der Waals surface area contributed by atoms with Crippen LogP contribution in [0.2, 0.25) is 0 Å². The number of ether oxygens (including phenoxy) is 1. The first-order chi connectivity index (χ1) is 15.4. The first kappa shape index (κ1) is 22.6. The zero-order valence-corrected chi connectivity index (χ0v) is 18.8. The van der Waals surface area contributed by atoms with E-state index in [9.17, 15) is 13.6 Å². The van der Waals surface area contributed by atoms with E-state index < -0.39 is 12.5 Å². The van der Waals surface area contributed by atoms with E-state index in [1.165, 1.54) is 4.68 Å². The summed E-state index contributed by atoms with van der Waals surface area (Å²) in [5, 5.41) is 7.67. The maximum atomic E-state index is 13.7. The molecule has 1 aromatic carbocycles. The van der Waals surface area contributed by atoms with Crippen molar-refractivity contribution in [2.24, 2.45) is 5.92 Å². The fourth-order valence-electron chi connectivity index (χ4n) is 4.90. The van der Waals surface area contributed by atoms with Gasteiger partial charge in [0.2, 0.25) is 5.91 Å². The van der Waals surface area contributed by atoms with Crippen LogP contribution in [0.25, 0.3) is 0 Å². The van der Waals surface area contributed by atoms with Crippen LogP contribution in [0.5, 0.6) is 5.75 Å². The summed E-state index contributed by atoms with van der Waals surface area (Å²) in [7, 11) is 0. The van der Waals surface area contributed by atoms with Gasteiger partial charge in [0.25, 0.3) is 6.43 Å². The van der Waals surface area contributed by atoms with Gasteiger partial charge in [0.15, 0.2) is 0 Å². The average molecular weight is 447 g/mol. The van der Waals surface area contributed by atoms with Crippen molar-refractivity contribution in [2.75, 3.05) is 25.0 Å². The summed E-state index contributed by atoms with van der Waals surface area (Å²) in [6, 6.07) is 8.68. The minimum absolute atomic E-state index is 0.0840. The predicted octanol–water partition coefficient (Wildman–Crippen LogP) is 4.45. The number of carbonyl (C=O) groups excluding carboxylic acids is 1. The Morgan fingerprint density at radius 2 is 2.09 bits per heavy atom. The molecule has 174 valence electrons. The number of fused-ring (bicyclic) bond motifs is 1. The van der Waals surface area contributed by atoms with Gasteiger partial charge in [-0.05, 0) is 63.1 Å². The number of likely N-dealkylation sites (tertiary alicyclic amines) is 1. The summed E-state index contributed by atoms with van der Waals surface area (Å²) in [4.78, 5) is 14.8. The van der Waals surface area contributed by atoms with Crippen LogP contribution in [0.3, 0.4) is 0 Å². The number of benzene rings is 1. The van der Waals surface area contributed by atoms with Crippen LogP contribution in [-0.2, 0) is 11.2 Å². The van der Waals surface area contributed by atoms with E-state index in [0.717, 1.165) is 36.4 Å². The second kappa shape index (κ2) is 9.88. The minimum atomic E-state index is -2.46. The number of hydrogen-bond donors (Lipinski definition) is 1. The van der Waals surface area contributed by atoms with E-state index in [1.807, 2.05) is 49.1 Å². The number of aryl methyl sites for hydroxylation is 2. The zero-order chi connectivity index (χ0) is 22.7. The Labute approximate surface area is 187 Å². The van der Waals surface area contributed by atoms with Crippen LogP contribution in [0.4, 0.5) is 14.6 Å². The number of piperidine rings is 1. The molecule has 1 amide bonds. The molecule has 0 saturated carbocycles. The monoisotopic (exact) mass is 446 g/mol. The smallest absolute Gasteiger partial charge is 0.260 e. The van der Waals surface area contributed by atoms with E-state index in [-0.39, 0.29) is 17.9 Å². The van der Waals surface area contributed by atoms with Gasteiger partial charge in [-0.25, -0.2) is 13.5 Å². The molecular formula is C24H32F2N4O2. The summed E-state index contributed by atoms with van der Waals surface area (Å²) >= 11 is 0. The second-order valence-electron chi connectivity index (χ2n) is 8.82. The van der Waals surface area contributed by atoms with E-state index >= 15 is 0 Å². The molecule has 0 radical (unpaired) electrons. The predicted molar refractivity (Wildman–Crippen MR) is 119 cm³/mol. The number of nitrogens with zero attached hydrogens (tertiary/aromatic N) is 3. The highest BCUT2D eigenvalue weighted by Crippen LogP contribution is 2.36. The van der Waals surface area contributed by atoms with Crippen molar-refractivity contribution in [1.29, 1.82) is 0 Å². The van der Waals surface area contributed by atoms with E-state index in [4.69, 9.17) is 4.74 Å². The molecule has 1 saturated heterocycles. The standard InChI is InChI=1S/C24H32F2N4O2/c1-3-32-19-9-6-17(7-10-19)8-11-23(31)29-12-4-5-18(15-29)20-14-21(24(25)26)30-22(27-20)13-16(2)28-30/h6-7,9-10,13,18,20-21,24,27H,3-5,8,11-12,14-15H2,1-2H3/t18-,20-,21+/m0/s1. The lowest BCUT2D eigenvalue weighted by molar-refractivity contribution is -0.133. The summed E-state index contributed by atoms with van der Waals surface area (Å²) < 4.78 is 34.3. The Hall–Kier alpha value is -2.64. The van der Waals surface area contributed by atoms with Gasteiger partial charge in [0, 0.05) is 31.6 Å². The Morgan fingerprint density at radius 1 is 1.31 bits per heavy atom. The van der Waals surface area contributed by atoms with E-state index in [1.54, 1.807) is 0 Å². The summed E-state index contributed by atoms with van der Waals surface area (Å²) in [5.74, 6) is 1.78. The lowest BCUT2D eigenvalue weighted by Gasteiger charge is -2.41. The quantitative estimate of drug-likeness (QED) is 0.683. The van der Waals surface area contributed by atoms with Crippen molar-refractivity contribution >= 4 is 11.7 Å². The van der Waals surface area contributed by atoms with Crippen molar-refractivity contribution < 1.29 is 18.3 Å². The molecule has 8 heteroatoms. The van der Waals surface area contributed by atoms with Gasteiger partial charge in [-0.3, -0.25) is 4.79 Å². The highest BCUT2D eigenvalue weighted by Gasteiger charge is 2.38. The zero-order valence-electron chi connectivity index (χ0n) is 18.8. The van der Waals surface area contributed by atoms with E-state index in [0.29, 0.717) is 38.2 Å². The largest absolute Gasteiger partial charge is 0.494 e. The number of nitrogens with one attached hydrogen (secondary N) is 1. The molecule has 3 heterocycles. The van der Waals surface area contributed by atoms with Crippen LogP contribution >= 0.6 is 0 Å². The van der Waals surface area contributed by atoms with Crippen molar-refractivity contribution in [3.63, 3.8) is 0 Å². The number of hydrogen-bond acceptors (Lipinski definition) is 4. The third-order valence-corrected chi connectivity index (χ3v) is 6.53. The molecule has 0 unspecified atom stereocenters. The summed E-state index contributed by atoms with van der Waals surface area (Å²) in [6.07, 6.45) is 0.821. The van der Waals surface area contributed by atoms with Crippen molar-refractivity contribution in [3.05, 3.63) is 41.6 Å². The van der Waals surface area contributed by atoms with Crippen molar-refractivity contribution in [3.8, 4) is 5.75 Å². The molecule has 0 spiro atoms. The second-order valence-corrected chi connectivity index (χ2v) is 8.82. The van der Waals surface area contributed by atoms with Crippen LogP contribution in [0.1, 0.15) is 49.9 Å². The first-order valence-corrected chi connectivity index (χ1v) is 11.5. The molecule has 1 aromatic heterocycles. The fourth-order valence-corrected chi connectivity index (χ4v) is 4.90. The van der Waals surface area contributed by atoms with Gasteiger partial charge >= 0.3 is 0 Å². The van der Waals surface area contributed by atoms with Crippen molar-refractivity contribution in [1.82, 2.24) is 14.7 Å². The third kappa shape index (κ3) is 5.05. The summed E-state index contributed by atoms with van der Waals surface area (Å²) in [5.41, 5.74) is 1.83. The molecule has 1 fully saturated rings. The van der Waals surface area contributed by atoms with Crippen molar-refractivity contribution in [2.45, 2.75) is 64.5 Å². The Balaban J connectivity index is 1.35. The Bertz CT molecular complexity index is 915. The first-order valence-electron chi connectivity index (χ1n) is 11.5. The Morgan fingerprint density at radius 3 is 2.81 bits per heavy atom. The summed E-state index contributed by atoms with van der Waals surface area (Å²) in [6.45, 7) is 5.74. The minimum Gasteiger partial charge on any atom is -0.494 e. The third-order valence-electron chi connectivity index (χ3n) is 6.53. The molecule has 0 bridgehead atoms. The molecule has 2 aromatic rings. The van der Waals surface area contributed by atoms with Crippen LogP contribution < -0.4 is 10.1 Å². The lowest BCUT2D eigenvalue weighted by atomic mass is 9.85. The van der Waals surface area contributed by atoms with Crippen LogP contribution in [0, 0.1) is 12.8 Å².